The summed E-state index contributed by atoms with van der Waals surface area (Å²) in [5.41, 5.74) is 5.21. The molecule has 0 bridgehead atoms. The predicted molar refractivity (Wildman–Crippen MR) is 166 cm³/mol. The lowest BCUT2D eigenvalue weighted by Gasteiger charge is -2.32. The quantitative estimate of drug-likeness (QED) is 0.278. The van der Waals surface area contributed by atoms with Crippen LogP contribution in [0.25, 0.3) is 0 Å². The van der Waals surface area contributed by atoms with Crippen LogP contribution in [0.5, 0.6) is 5.75 Å². The molecule has 1 saturated heterocycles. The van der Waals surface area contributed by atoms with Gasteiger partial charge in [0, 0.05) is 31.4 Å². The molecule has 3 N–H and O–H groups in total. The molecule has 0 aliphatic carbocycles. The van der Waals surface area contributed by atoms with Gasteiger partial charge in [-0.3, -0.25) is 4.90 Å². The number of hydrogen-bond acceptors (Lipinski definition) is 3. The number of piperidine rings is 1. The van der Waals surface area contributed by atoms with Crippen LogP contribution >= 0.6 is 0 Å². The number of urea groups is 1. The van der Waals surface area contributed by atoms with Crippen molar-refractivity contribution < 1.29 is 14.3 Å². The van der Waals surface area contributed by atoms with Crippen LogP contribution in [0, 0.1) is 5.82 Å². The number of hydrogen-bond donors (Lipinski definition) is 3. The lowest BCUT2D eigenvalue weighted by molar-refractivity contribution is 0.190. The van der Waals surface area contributed by atoms with Crippen molar-refractivity contribution in [3.05, 3.63) is 94.3 Å². The van der Waals surface area contributed by atoms with Crippen molar-refractivity contribution in [2.24, 2.45) is 0 Å². The molecule has 0 radical (unpaired) electrons. The highest BCUT2D eigenvalue weighted by Crippen LogP contribution is 2.40. The molecular weight excluding hydrogens is 513 g/mol. The van der Waals surface area contributed by atoms with Gasteiger partial charge in [0.2, 0.25) is 0 Å². The average Bonchev–Trinajstić information content (AvgIpc) is 2.89. The molecule has 220 valence electrons. The second-order valence-electron chi connectivity index (χ2n) is 13.5. The van der Waals surface area contributed by atoms with Gasteiger partial charge in [0.25, 0.3) is 0 Å². The van der Waals surface area contributed by atoms with Gasteiger partial charge in [0.05, 0.1) is 0 Å². The van der Waals surface area contributed by atoms with Crippen LogP contribution in [0.4, 0.5) is 14.9 Å². The minimum atomic E-state index is -0.382. The highest BCUT2D eigenvalue weighted by Gasteiger charge is 2.27. The number of carbonyl (C=O) groups is 1. The van der Waals surface area contributed by atoms with Gasteiger partial charge < -0.3 is 15.7 Å². The van der Waals surface area contributed by atoms with Crippen LogP contribution in [0.2, 0.25) is 0 Å². The summed E-state index contributed by atoms with van der Waals surface area (Å²) in [6, 6.07) is 19.0. The van der Waals surface area contributed by atoms with Crippen LogP contribution in [-0.2, 0) is 30.2 Å². The summed E-state index contributed by atoms with van der Waals surface area (Å²) in [5, 5.41) is 17.1. The molecule has 41 heavy (non-hydrogen) atoms. The van der Waals surface area contributed by atoms with Crippen molar-refractivity contribution in [3.8, 4) is 5.75 Å². The van der Waals surface area contributed by atoms with Crippen molar-refractivity contribution in [3.63, 3.8) is 0 Å². The van der Waals surface area contributed by atoms with Gasteiger partial charge in [0.15, 0.2) is 0 Å². The zero-order valence-corrected chi connectivity index (χ0v) is 25.5. The molecule has 2 amide bonds. The van der Waals surface area contributed by atoms with Crippen LogP contribution < -0.4 is 10.6 Å². The van der Waals surface area contributed by atoms with Gasteiger partial charge in [-0.2, -0.15) is 0 Å². The minimum absolute atomic E-state index is 0.0858. The van der Waals surface area contributed by atoms with Crippen LogP contribution in [0.1, 0.15) is 82.2 Å². The zero-order valence-electron chi connectivity index (χ0n) is 25.5. The van der Waals surface area contributed by atoms with E-state index >= 15 is 0 Å². The Hall–Kier alpha value is -3.38. The van der Waals surface area contributed by atoms with Crippen LogP contribution in [0.15, 0.2) is 60.7 Å². The first kappa shape index (κ1) is 30.6. The maximum atomic E-state index is 14.2. The number of rotatable bonds is 7. The largest absolute Gasteiger partial charge is 0.507 e. The monoisotopic (exact) mass is 559 g/mol. The lowest BCUT2D eigenvalue weighted by Crippen LogP contribution is -2.45. The van der Waals surface area contributed by atoms with Gasteiger partial charge in [0.1, 0.15) is 11.6 Å². The second kappa shape index (κ2) is 12.6. The van der Waals surface area contributed by atoms with E-state index in [1.807, 2.05) is 6.07 Å². The summed E-state index contributed by atoms with van der Waals surface area (Å²) in [6.45, 7) is 15.4. The van der Waals surface area contributed by atoms with Crippen molar-refractivity contribution in [2.75, 3.05) is 18.4 Å². The highest BCUT2D eigenvalue weighted by atomic mass is 19.1. The Bertz CT molecular complexity index is 1300. The topological polar surface area (TPSA) is 64.6 Å². The molecule has 3 aromatic carbocycles. The van der Waals surface area contributed by atoms with E-state index in [4.69, 9.17) is 0 Å². The van der Waals surface area contributed by atoms with Crippen molar-refractivity contribution in [1.82, 2.24) is 10.2 Å². The van der Waals surface area contributed by atoms with Crippen LogP contribution in [0.3, 0.4) is 0 Å². The van der Waals surface area contributed by atoms with E-state index in [1.165, 1.54) is 17.7 Å². The molecular formula is C35H46FN3O2. The number of benzene rings is 3. The summed E-state index contributed by atoms with van der Waals surface area (Å²) >= 11 is 0. The third-order valence-electron chi connectivity index (χ3n) is 7.96. The van der Waals surface area contributed by atoms with Gasteiger partial charge in [-0.15, -0.1) is 0 Å². The van der Waals surface area contributed by atoms with Gasteiger partial charge in [-0.25, -0.2) is 9.18 Å². The third-order valence-corrected chi connectivity index (χ3v) is 7.96. The molecule has 1 aliphatic heterocycles. The Labute approximate surface area is 245 Å². The van der Waals surface area contributed by atoms with Gasteiger partial charge >= 0.3 is 6.03 Å². The molecule has 1 aliphatic rings. The number of carbonyl (C=O) groups excluding carboxylic acids is 1. The summed E-state index contributed by atoms with van der Waals surface area (Å²) in [6.07, 6.45) is 3.09. The molecule has 1 fully saturated rings. The van der Waals surface area contributed by atoms with E-state index in [0.717, 1.165) is 54.7 Å². The first-order chi connectivity index (χ1) is 19.3. The SMILES string of the molecule is CC(C)(C)c1cc(CCc2ccc(F)cc2NC(=O)NC2CCN(Cc3ccccc3)CC2)cc(C(C)(C)C)c1O. The molecule has 6 heteroatoms. The first-order valence-electron chi connectivity index (χ1n) is 14.8. The van der Waals surface area contributed by atoms with E-state index in [9.17, 15) is 14.3 Å². The van der Waals surface area contributed by atoms with Crippen LogP contribution in [-0.4, -0.2) is 35.2 Å². The molecule has 0 atom stereocenters. The van der Waals surface area contributed by atoms with E-state index in [1.54, 1.807) is 6.07 Å². The fourth-order valence-electron chi connectivity index (χ4n) is 5.56. The number of nitrogens with one attached hydrogen (secondary N) is 2. The Morgan fingerprint density at radius 2 is 1.49 bits per heavy atom. The number of anilines is 1. The maximum absolute atomic E-state index is 14.2. The predicted octanol–water partition coefficient (Wildman–Crippen LogP) is 7.70. The third kappa shape index (κ3) is 8.32. The number of amides is 2. The number of nitrogens with zero attached hydrogens (tertiary/aromatic N) is 1. The molecule has 5 nitrogen and oxygen atoms in total. The average molecular weight is 560 g/mol. The number of likely N-dealkylation sites (tertiary alicyclic amines) is 1. The van der Waals surface area contributed by atoms with E-state index in [2.05, 4.69) is 93.5 Å². The molecule has 4 rings (SSSR count). The summed E-state index contributed by atoms with van der Waals surface area (Å²) in [4.78, 5) is 15.4. The number of aryl methyl sites for hydroxylation is 2. The molecule has 0 spiro atoms. The summed E-state index contributed by atoms with van der Waals surface area (Å²) < 4.78 is 14.2. The number of aromatic hydroxyl groups is 1. The number of phenolic OH excluding ortho intramolecular Hbond substituents is 1. The summed E-state index contributed by atoms with van der Waals surface area (Å²) in [7, 11) is 0. The standard InChI is InChI=1S/C35H46FN3O2/c1-34(2,3)29-20-25(21-30(32(29)40)35(4,5)6)12-13-26-14-15-27(36)22-31(26)38-33(41)37-28-16-18-39(19-17-28)23-24-10-8-7-9-11-24/h7-11,14-15,20-22,28,40H,12-13,16-19,23H2,1-6H3,(H2,37,38,41). The fourth-order valence-corrected chi connectivity index (χ4v) is 5.56. The smallest absolute Gasteiger partial charge is 0.319 e. The van der Waals surface area contributed by atoms with Crippen molar-refractivity contribution in [1.29, 1.82) is 0 Å². The zero-order chi connectivity index (χ0) is 29.8. The Kier molecular flexibility index (Phi) is 9.43. The van der Waals surface area contributed by atoms with Crippen molar-refractivity contribution >= 4 is 11.7 Å². The molecule has 1 heterocycles. The lowest BCUT2D eigenvalue weighted by atomic mass is 9.78. The molecule has 0 saturated carbocycles. The molecule has 0 unspecified atom stereocenters. The second-order valence-corrected chi connectivity index (χ2v) is 13.5. The maximum Gasteiger partial charge on any atom is 0.319 e. The Balaban J connectivity index is 1.40. The van der Waals surface area contributed by atoms with Gasteiger partial charge in [-0.1, -0.05) is 90.1 Å². The number of halogens is 1. The Morgan fingerprint density at radius 1 is 0.878 bits per heavy atom. The van der Waals surface area contributed by atoms with E-state index in [-0.39, 0.29) is 28.7 Å². The number of phenols is 1. The van der Waals surface area contributed by atoms with Crippen molar-refractivity contribution in [2.45, 2.75) is 90.6 Å². The normalized spacial score (nSPS) is 15.1. The fraction of sp³-hybridized carbons (Fsp3) is 0.457. The minimum Gasteiger partial charge on any atom is -0.507 e. The van der Waals surface area contributed by atoms with E-state index < -0.39 is 0 Å². The Morgan fingerprint density at radius 3 is 2.07 bits per heavy atom. The summed E-state index contributed by atoms with van der Waals surface area (Å²) in [5.74, 6) is -0.0200. The van der Waals surface area contributed by atoms with Gasteiger partial charge in [-0.05, 0) is 76.5 Å². The highest BCUT2D eigenvalue weighted by molar-refractivity contribution is 5.90. The molecule has 0 aromatic heterocycles. The first-order valence-corrected chi connectivity index (χ1v) is 14.8. The molecule has 3 aromatic rings. The van der Waals surface area contributed by atoms with E-state index in [0.29, 0.717) is 24.3 Å².